The van der Waals surface area contributed by atoms with Gasteiger partial charge in [-0.3, -0.25) is 9.59 Å². The van der Waals surface area contributed by atoms with Crippen molar-refractivity contribution in [2.24, 2.45) is 5.41 Å². The van der Waals surface area contributed by atoms with Crippen LogP contribution < -0.4 is 5.32 Å². The van der Waals surface area contributed by atoms with Crippen LogP contribution in [0.2, 0.25) is 0 Å². The predicted molar refractivity (Wildman–Crippen MR) is 55.8 cm³/mol. The maximum atomic E-state index is 11.4. The van der Waals surface area contributed by atoms with Gasteiger partial charge in [-0.25, -0.2) is 0 Å². The summed E-state index contributed by atoms with van der Waals surface area (Å²) in [5.74, 6) is -1.44. The first-order valence-electron chi connectivity index (χ1n) is 4.55. The highest BCUT2D eigenvalue weighted by molar-refractivity contribution is 6.31. The molecule has 0 fully saturated rings. The summed E-state index contributed by atoms with van der Waals surface area (Å²) in [5, 5.41) is 18.8. The molecule has 0 aromatic rings. The minimum atomic E-state index is -0.983. The van der Waals surface area contributed by atoms with E-state index in [0.29, 0.717) is 0 Å². The number of hydrogen-bond donors (Lipinski definition) is 3. The van der Waals surface area contributed by atoms with E-state index in [9.17, 15) is 9.59 Å². The van der Waals surface area contributed by atoms with Crippen LogP contribution in [0.3, 0.4) is 0 Å². The summed E-state index contributed by atoms with van der Waals surface area (Å²) in [6.07, 6.45) is -0.144. The van der Waals surface area contributed by atoms with Crippen molar-refractivity contribution in [2.45, 2.75) is 25.6 Å². The minimum Gasteiger partial charge on any atom is -0.481 e. The Hall–Kier alpha value is -0.810. The van der Waals surface area contributed by atoms with Crippen LogP contribution in [-0.2, 0) is 9.59 Å². The van der Waals surface area contributed by atoms with Crippen LogP contribution in [0.4, 0.5) is 0 Å². The van der Waals surface area contributed by atoms with E-state index in [4.69, 9.17) is 21.8 Å². The largest absolute Gasteiger partial charge is 0.481 e. The standard InChI is InChI=1S/C9H16ClNO4/c1-9(2,5-12)7(10)8(15)11-4-3-6(13)14/h7,12H,3-5H2,1-2H3,(H,11,15)(H,13,14)/t7-/m1/s1. The van der Waals surface area contributed by atoms with E-state index < -0.39 is 22.7 Å². The molecule has 0 saturated heterocycles. The van der Waals surface area contributed by atoms with Crippen LogP contribution in [0.25, 0.3) is 0 Å². The molecule has 6 heteroatoms. The Kier molecular flexibility index (Phi) is 5.60. The van der Waals surface area contributed by atoms with Gasteiger partial charge >= 0.3 is 5.97 Å². The number of carboxylic acids is 1. The first-order chi connectivity index (χ1) is 6.81. The topological polar surface area (TPSA) is 86.6 Å². The number of carboxylic acid groups (broad SMARTS) is 1. The molecule has 0 spiro atoms. The summed E-state index contributed by atoms with van der Waals surface area (Å²) in [7, 11) is 0. The number of halogens is 1. The van der Waals surface area contributed by atoms with Gasteiger partial charge in [0.25, 0.3) is 0 Å². The molecule has 1 amide bonds. The van der Waals surface area contributed by atoms with Crippen LogP contribution >= 0.6 is 11.6 Å². The first-order valence-corrected chi connectivity index (χ1v) is 4.99. The summed E-state index contributed by atoms with van der Waals surface area (Å²) in [4.78, 5) is 21.6. The summed E-state index contributed by atoms with van der Waals surface area (Å²) >= 11 is 5.82. The monoisotopic (exact) mass is 237 g/mol. The van der Waals surface area contributed by atoms with Crippen molar-refractivity contribution in [3.8, 4) is 0 Å². The fourth-order valence-electron chi connectivity index (χ4n) is 0.817. The number of rotatable bonds is 6. The highest BCUT2D eigenvalue weighted by Crippen LogP contribution is 2.24. The average Bonchev–Trinajstić information content (AvgIpc) is 2.15. The number of amides is 1. The molecule has 0 radical (unpaired) electrons. The minimum absolute atomic E-state index is 0.0406. The lowest BCUT2D eigenvalue weighted by Gasteiger charge is -2.26. The zero-order valence-electron chi connectivity index (χ0n) is 8.79. The Morgan fingerprint density at radius 3 is 2.40 bits per heavy atom. The van der Waals surface area contributed by atoms with E-state index in [2.05, 4.69) is 5.32 Å². The maximum absolute atomic E-state index is 11.4. The number of aliphatic hydroxyl groups is 1. The molecule has 0 saturated carbocycles. The smallest absolute Gasteiger partial charge is 0.305 e. The van der Waals surface area contributed by atoms with Crippen LogP contribution in [-0.4, -0.2) is 40.6 Å². The molecular formula is C9H16ClNO4. The summed E-state index contributed by atoms with van der Waals surface area (Å²) < 4.78 is 0. The highest BCUT2D eigenvalue weighted by atomic mass is 35.5. The Labute approximate surface area is 93.4 Å². The zero-order chi connectivity index (χ0) is 12.1. The number of aliphatic carboxylic acids is 1. The number of aliphatic hydroxyl groups excluding tert-OH is 1. The number of nitrogens with one attached hydrogen (secondary N) is 1. The van der Waals surface area contributed by atoms with Gasteiger partial charge in [-0.15, -0.1) is 11.6 Å². The summed E-state index contributed by atoms with van der Waals surface area (Å²) in [6, 6.07) is 0. The zero-order valence-corrected chi connectivity index (χ0v) is 9.54. The van der Waals surface area contributed by atoms with E-state index in [0.717, 1.165) is 0 Å². The second kappa shape index (κ2) is 5.92. The third-order valence-corrected chi connectivity index (χ3v) is 2.75. The van der Waals surface area contributed by atoms with Crippen molar-refractivity contribution in [3.63, 3.8) is 0 Å². The second-order valence-electron chi connectivity index (χ2n) is 3.94. The van der Waals surface area contributed by atoms with Gasteiger partial charge in [-0.1, -0.05) is 13.8 Å². The molecule has 1 atom stereocenters. The predicted octanol–water partition coefficient (Wildman–Crippen LogP) is 0.203. The van der Waals surface area contributed by atoms with Gasteiger partial charge in [-0.2, -0.15) is 0 Å². The molecule has 88 valence electrons. The van der Waals surface area contributed by atoms with E-state index >= 15 is 0 Å². The van der Waals surface area contributed by atoms with Crippen LogP contribution in [0.5, 0.6) is 0 Å². The van der Waals surface area contributed by atoms with Gasteiger partial charge in [0.2, 0.25) is 5.91 Å². The van der Waals surface area contributed by atoms with E-state index in [-0.39, 0.29) is 19.6 Å². The van der Waals surface area contributed by atoms with Gasteiger partial charge in [0.05, 0.1) is 13.0 Å². The molecule has 0 aliphatic carbocycles. The Bertz CT molecular complexity index is 242. The van der Waals surface area contributed by atoms with Crippen molar-refractivity contribution in [2.75, 3.05) is 13.2 Å². The molecule has 3 N–H and O–H groups in total. The van der Waals surface area contributed by atoms with E-state index in [1.807, 2.05) is 0 Å². The maximum Gasteiger partial charge on any atom is 0.305 e. The fourth-order valence-corrected chi connectivity index (χ4v) is 0.963. The SMILES string of the molecule is CC(C)(CO)[C@H](Cl)C(=O)NCCC(=O)O. The van der Waals surface area contributed by atoms with Crippen molar-refractivity contribution in [3.05, 3.63) is 0 Å². The number of carbonyl (C=O) groups excluding carboxylic acids is 1. The van der Waals surface area contributed by atoms with Gasteiger partial charge in [-0.05, 0) is 0 Å². The molecular weight excluding hydrogens is 222 g/mol. The molecule has 0 rings (SSSR count). The molecule has 5 nitrogen and oxygen atoms in total. The highest BCUT2D eigenvalue weighted by Gasteiger charge is 2.32. The number of alkyl halides is 1. The molecule has 0 aromatic heterocycles. The third-order valence-electron chi connectivity index (χ3n) is 1.96. The lowest BCUT2D eigenvalue weighted by atomic mass is 9.89. The Morgan fingerprint density at radius 1 is 1.47 bits per heavy atom. The quantitative estimate of drug-likeness (QED) is 0.576. The molecule has 0 aromatic carbocycles. The van der Waals surface area contributed by atoms with Gasteiger partial charge in [0.1, 0.15) is 5.38 Å². The second-order valence-corrected chi connectivity index (χ2v) is 4.38. The normalized spacial score (nSPS) is 13.3. The number of carbonyl (C=O) groups is 2. The Balaban J connectivity index is 4.05. The molecule has 0 bridgehead atoms. The van der Waals surface area contributed by atoms with Crippen LogP contribution in [0.1, 0.15) is 20.3 Å². The molecule has 0 heterocycles. The summed E-state index contributed by atoms with van der Waals surface area (Å²) in [5.41, 5.74) is -0.727. The lowest BCUT2D eigenvalue weighted by Crippen LogP contribution is -2.42. The van der Waals surface area contributed by atoms with Gasteiger partial charge < -0.3 is 15.5 Å². The third kappa shape index (κ3) is 4.99. The Morgan fingerprint density at radius 2 is 2.00 bits per heavy atom. The first kappa shape index (κ1) is 14.2. The molecule has 0 aliphatic rings. The van der Waals surface area contributed by atoms with E-state index in [1.54, 1.807) is 13.8 Å². The van der Waals surface area contributed by atoms with Crippen LogP contribution in [0, 0.1) is 5.41 Å². The molecule has 0 aliphatic heterocycles. The van der Waals surface area contributed by atoms with Gasteiger partial charge in [0, 0.05) is 12.0 Å². The van der Waals surface area contributed by atoms with Gasteiger partial charge in [0.15, 0.2) is 0 Å². The van der Waals surface area contributed by atoms with Crippen molar-refractivity contribution >= 4 is 23.5 Å². The van der Waals surface area contributed by atoms with E-state index in [1.165, 1.54) is 0 Å². The number of hydrogen-bond acceptors (Lipinski definition) is 3. The van der Waals surface area contributed by atoms with Crippen molar-refractivity contribution < 1.29 is 19.8 Å². The summed E-state index contributed by atoms with van der Waals surface area (Å²) in [6.45, 7) is 3.13. The van der Waals surface area contributed by atoms with Crippen molar-refractivity contribution in [1.29, 1.82) is 0 Å². The van der Waals surface area contributed by atoms with Crippen LogP contribution in [0.15, 0.2) is 0 Å². The molecule has 15 heavy (non-hydrogen) atoms. The fraction of sp³-hybridized carbons (Fsp3) is 0.778. The van der Waals surface area contributed by atoms with Crippen molar-refractivity contribution in [1.82, 2.24) is 5.32 Å². The average molecular weight is 238 g/mol. The molecule has 0 unspecified atom stereocenters. The lowest BCUT2D eigenvalue weighted by molar-refractivity contribution is -0.136.